The number of nitro groups is 1. The summed E-state index contributed by atoms with van der Waals surface area (Å²) < 4.78 is 2.02. The van der Waals surface area contributed by atoms with Crippen LogP contribution in [0.25, 0.3) is 0 Å². The van der Waals surface area contributed by atoms with Crippen LogP contribution in [0.5, 0.6) is 0 Å². The van der Waals surface area contributed by atoms with Gasteiger partial charge in [0, 0.05) is 36.8 Å². The quantitative estimate of drug-likeness (QED) is 0.690. The van der Waals surface area contributed by atoms with Crippen LogP contribution in [0.2, 0.25) is 0 Å². The van der Waals surface area contributed by atoms with Gasteiger partial charge in [0.05, 0.1) is 11.3 Å². The molecular formula is C14H14N4O3. The number of nitrogens with zero attached hydrogens (tertiary/aromatic N) is 3. The van der Waals surface area contributed by atoms with Gasteiger partial charge in [0.15, 0.2) is 0 Å². The molecule has 1 unspecified atom stereocenters. The molecule has 2 heterocycles. The Hall–Kier alpha value is -2.70. The molecule has 1 atom stereocenters. The molecule has 108 valence electrons. The molecule has 0 radical (unpaired) electrons. The van der Waals surface area contributed by atoms with Crippen molar-refractivity contribution in [3.63, 3.8) is 0 Å². The Morgan fingerprint density at radius 2 is 2.24 bits per heavy atom. The summed E-state index contributed by atoms with van der Waals surface area (Å²) >= 11 is 0. The molecule has 3 rings (SSSR count). The van der Waals surface area contributed by atoms with E-state index in [9.17, 15) is 14.9 Å². The number of anilines is 1. The number of carbonyl (C=O) groups excluding carboxylic acids is 1. The average Bonchev–Trinajstić information content (AvgIpc) is 2.94. The van der Waals surface area contributed by atoms with Gasteiger partial charge in [0.2, 0.25) is 5.91 Å². The molecule has 1 amide bonds. The molecule has 7 nitrogen and oxygen atoms in total. The normalized spacial score (nSPS) is 17.0. The molecule has 1 aromatic heterocycles. The SMILES string of the molecule is O=C(Nc1ccccc1[N+](=O)[O-])C1CCn2cncc2C1. The van der Waals surface area contributed by atoms with E-state index in [1.54, 1.807) is 30.7 Å². The van der Waals surface area contributed by atoms with E-state index in [2.05, 4.69) is 10.3 Å². The zero-order valence-electron chi connectivity index (χ0n) is 11.2. The lowest BCUT2D eigenvalue weighted by molar-refractivity contribution is -0.383. The molecule has 21 heavy (non-hydrogen) atoms. The second-order valence-electron chi connectivity index (χ2n) is 5.03. The summed E-state index contributed by atoms with van der Waals surface area (Å²) in [6, 6.07) is 6.17. The van der Waals surface area contributed by atoms with E-state index in [4.69, 9.17) is 0 Å². The fourth-order valence-corrected chi connectivity index (χ4v) is 2.57. The molecule has 0 saturated carbocycles. The summed E-state index contributed by atoms with van der Waals surface area (Å²) in [7, 11) is 0. The smallest absolute Gasteiger partial charge is 0.292 e. The first-order chi connectivity index (χ1) is 10.1. The molecule has 1 aliphatic rings. The van der Waals surface area contributed by atoms with E-state index in [-0.39, 0.29) is 23.2 Å². The third-order valence-corrected chi connectivity index (χ3v) is 3.70. The van der Waals surface area contributed by atoms with Crippen LogP contribution in [0.4, 0.5) is 11.4 Å². The van der Waals surface area contributed by atoms with Gasteiger partial charge in [-0.1, -0.05) is 12.1 Å². The zero-order chi connectivity index (χ0) is 14.8. The fourth-order valence-electron chi connectivity index (χ4n) is 2.57. The highest BCUT2D eigenvalue weighted by atomic mass is 16.6. The third kappa shape index (κ3) is 2.62. The van der Waals surface area contributed by atoms with Crippen LogP contribution in [0.3, 0.4) is 0 Å². The molecule has 1 N–H and O–H groups in total. The van der Waals surface area contributed by atoms with Gasteiger partial charge in [-0.3, -0.25) is 14.9 Å². The number of hydrogen-bond donors (Lipinski definition) is 1. The van der Waals surface area contributed by atoms with Crippen molar-refractivity contribution in [2.75, 3.05) is 5.32 Å². The van der Waals surface area contributed by atoms with Crippen molar-refractivity contribution < 1.29 is 9.72 Å². The number of rotatable bonds is 3. The van der Waals surface area contributed by atoms with E-state index in [1.807, 2.05) is 4.57 Å². The second-order valence-corrected chi connectivity index (χ2v) is 5.03. The highest BCUT2D eigenvalue weighted by Gasteiger charge is 2.26. The Balaban J connectivity index is 1.75. The van der Waals surface area contributed by atoms with E-state index < -0.39 is 4.92 Å². The highest BCUT2D eigenvalue weighted by molar-refractivity contribution is 5.94. The van der Waals surface area contributed by atoms with E-state index in [0.717, 1.165) is 12.2 Å². The monoisotopic (exact) mass is 286 g/mol. The number of benzene rings is 1. The van der Waals surface area contributed by atoms with Crippen LogP contribution in [0, 0.1) is 16.0 Å². The standard InChI is InChI=1S/C14H14N4O3/c19-14(10-5-6-17-9-15-8-11(17)7-10)16-12-3-1-2-4-13(12)18(20)21/h1-4,8-10H,5-7H2,(H,16,19). The van der Waals surface area contributed by atoms with Gasteiger partial charge < -0.3 is 9.88 Å². The van der Waals surface area contributed by atoms with Crippen molar-refractivity contribution in [2.24, 2.45) is 5.92 Å². The number of fused-ring (bicyclic) bond motifs is 1. The Morgan fingerprint density at radius 1 is 1.43 bits per heavy atom. The summed E-state index contributed by atoms with van der Waals surface area (Å²) in [6.45, 7) is 0.740. The Bertz CT molecular complexity index is 695. The van der Waals surface area contributed by atoms with Crippen molar-refractivity contribution in [3.8, 4) is 0 Å². The third-order valence-electron chi connectivity index (χ3n) is 3.70. The number of hydrogen-bond acceptors (Lipinski definition) is 4. The van der Waals surface area contributed by atoms with E-state index in [1.165, 1.54) is 6.07 Å². The zero-order valence-corrected chi connectivity index (χ0v) is 11.2. The Kier molecular flexibility index (Phi) is 3.39. The molecule has 0 bridgehead atoms. The largest absolute Gasteiger partial charge is 0.335 e. The maximum atomic E-state index is 12.3. The van der Waals surface area contributed by atoms with E-state index in [0.29, 0.717) is 12.8 Å². The minimum atomic E-state index is -0.494. The minimum absolute atomic E-state index is 0.0910. The van der Waals surface area contributed by atoms with Gasteiger partial charge in [0.1, 0.15) is 5.69 Å². The van der Waals surface area contributed by atoms with Crippen LogP contribution in [-0.4, -0.2) is 20.4 Å². The molecule has 0 aliphatic carbocycles. The van der Waals surface area contributed by atoms with Crippen LogP contribution in [0.1, 0.15) is 12.1 Å². The first-order valence-corrected chi connectivity index (χ1v) is 6.68. The maximum absolute atomic E-state index is 12.3. The predicted molar refractivity (Wildman–Crippen MR) is 75.8 cm³/mol. The number of imidazole rings is 1. The molecular weight excluding hydrogens is 272 g/mol. The van der Waals surface area contributed by atoms with Crippen LogP contribution < -0.4 is 5.32 Å². The number of nitro benzene ring substituents is 1. The molecule has 0 saturated heterocycles. The van der Waals surface area contributed by atoms with Gasteiger partial charge in [-0.2, -0.15) is 0 Å². The molecule has 0 spiro atoms. The molecule has 0 fully saturated rings. The molecule has 1 aliphatic heterocycles. The lowest BCUT2D eigenvalue weighted by atomic mass is 9.95. The lowest BCUT2D eigenvalue weighted by Crippen LogP contribution is -2.30. The number of aryl methyl sites for hydroxylation is 1. The first kappa shape index (κ1) is 13.3. The van der Waals surface area contributed by atoms with Gasteiger partial charge in [-0.15, -0.1) is 0 Å². The van der Waals surface area contributed by atoms with Crippen molar-refractivity contribution in [1.82, 2.24) is 9.55 Å². The van der Waals surface area contributed by atoms with E-state index >= 15 is 0 Å². The van der Waals surface area contributed by atoms with Gasteiger partial charge in [-0.25, -0.2) is 4.98 Å². The van der Waals surface area contributed by atoms with Crippen molar-refractivity contribution in [2.45, 2.75) is 19.4 Å². The van der Waals surface area contributed by atoms with Crippen molar-refractivity contribution in [1.29, 1.82) is 0 Å². The summed E-state index contributed by atoms with van der Waals surface area (Å²) in [5, 5.41) is 13.6. The summed E-state index contributed by atoms with van der Waals surface area (Å²) in [4.78, 5) is 26.8. The number of aromatic nitrogens is 2. The summed E-state index contributed by atoms with van der Waals surface area (Å²) in [6.07, 6.45) is 4.82. The van der Waals surface area contributed by atoms with Crippen molar-refractivity contribution >= 4 is 17.3 Å². The average molecular weight is 286 g/mol. The highest BCUT2D eigenvalue weighted by Crippen LogP contribution is 2.26. The predicted octanol–water partition coefficient (Wildman–Crippen LogP) is 1.99. The maximum Gasteiger partial charge on any atom is 0.292 e. The lowest BCUT2D eigenvalue weighted by Gasteiger charge is -2.22. The number of nitrogens with one attached hydrogen (secondary N) is 1. The van der Waals surface area contributed by atoms with Gasteiger partial charge >= 0.3 is 0 Å². The molecule has 7 heteroatoms. The first-order valence-electron chi connectivity index (χ1n) is 6.68. The molecule has 2 aromatic rings. The summed E-state index contributed by atoms with van der Waals surface area (Å²) in [5.41, 5.74) is 1.17. The van der Waals surface area contributed by atoms with Gasteiger partial charge in [-0.05, 0) is 12.5 Å². The molecule has 1 aromatic carbocycles. The van der Waals surface area contributed by atoms with Gasteiger partial charge in [0.25, 0.3) is 5.69 Å². The second kappa shape index (κ2) is 5.35. The topological polar surface area (TPSA) is 90.1 Å². The Morgan fingerprint density at radius 3 is 3.05 bits per heavy atom. The number of amides is 1. The van der Waals surface area contributed by atoms with Crippen LogP contribution in [0.15, 0.2) is 36.8 Å². The fraction of sp³-hybridized carbons (Fsp3) is 0.286. The van der Waals surface area contributed by atoms with Crippen molar-refractivity contribution in [3.05, 3.63) is 52.6 Å². The minimum Gasteiger partial charge on any atom is -0.335 e. The number of carbonyl (C=O) groups is 1. The Labute approximate surface area is 120 Å². The summed E-state index contributed by atoms with van der Waals surface area (Å²) in [5.74, 6) is -0.370. The number of para-hydroxylation sites is 2. The van der Waals surface area contributed by atoms with Crippen LogP contribution in [-0.2, 0) is 17.8 Å². The van der Waals surface area contributed by atoms with Crippen LogP contribution >= 0.6 is 0 Å².